The average molecular weight is 230 g/mol. The molecule has 1 atom stereocenters. The molecule has 5 heteroatoms. The zero-order chi connectivity index (χ0) is 12.3. The predicted octanol–water partition coefficient (Wildman–Crippen LogP) is 1.53. The molecule has 4 N–H and O–H groups in total. The van der Waals surface area contributed by atoms with Crippen LogP contribution in [0.2, 0.25) is 0 Å². The number of hydrogen-bond donors (Lipinski definition) is 3. The lowest BCUT2D eigenvalue weighted by Gasteiger charge is -2.16. The molecule has 0 spiro atoms. The summed E-state index contributed by atoms with van der Waals surface area (Å²) in [6.07, 6.45) is 1.37. The number of nitrogen functional groups attached to an aromatic ring is 1. The second kappa shape index (κ2) is 4.69. The predicted molar refractivity (Wildman–Crippen MR) is 67.7 cm³/mol. The van der Waals surface area contributed by atoms with Crippen LogP contribution in [0, 0.1) is 0 Å². The smallest absolute Gasteiger partial charge is 0.252 e. The largest absolute Gasteiger partial charge is 0.398 e. The third-order valence-corrected chi connectivity index (χ3v) is 2.51. The molecule has 88 valence electrons. The molecular weight excluding hydrogens is 216 g/mol. The second-order valence-electron chi connectivity index (χ2n) is 3.79. The van der Waals surface area contributed by atoms with Crippen molar-refractivity contribution in [3.63, 3.8) is 0 Å². The maximum Gasteiger partial charge on any atom is 0.252 e. The van der Waals surface area contributed by atoms with Gasteiger partial charge in [0.1, 0.15) is 5.82 Å². The van der Waals surface area contributed by atoms with Crippen molar-refractivity contribution in [1.29, 1.82) is 0 Å². The number of para-hydroxylation sites is 1. The number of hydrogen-bond acceptors (Lipinski definition) is 4. The first-order chi connectivity index (χ1) is 8.16. The normalized spacial score (nSPS) is 12.1. The van der Waals surface area contributed by atoms with Crippen molar-refractivity contribution in [3.8, 4) is 0 Å². The molecule has 2 rings (SSSR count). The van der Waals surface area contributed by atoms with Gasteiger partial charge in [0.15, 0.2) is 0 Å². The van der Waals surface area contributed by atoms with Crippen LogP contribution >= 0.6 is 0 Å². The van der Waals surface area contributed by atoms with Gasteiger partial charge < -0.3 is 16.0 Å². The third kappa shape index (κ3) is 2.63. The number of anilines is 2. The first-order valence-corrected chi connectivity index (χ1v) is 5.32. The van der Waals surface area contributed by atoms with E-state index in [4.69, 9.17) is 5.73 Å². The minimum atomic E-state index is -0.185. The van der Waals surface area contributed by atoms with Gasteiger partial charge in [-0.05, 0) is 18.6 Å². The molecule has 0 radical (unpaired) electrons. The van der Waals surface area contributed by atoms with Gasteiger partial charge in [-0.15, -0.1) is 0 Å². The highest BCUT2D eigenvalue weighted by molar-refractivity contribution is 5.50. The van der Waals surface area contributed by atoms with E-state index in [1.807, 2.05) is 31.2 Å². The van der Waals surface area contributed by atoms with Crippen LogP contribution in [0.15, 0.2) is 41.5 Å². The molecule has 2 aromatic rings. The van der Waals surface area contributed by atoms with Crippen molar-refractivity contribution in [2.24, 2.45) is 0 Å². The van der Waals surface area contributed by atoms with Crippen LogP contribution in [-0.2, 0) is 0 Å². The molecule has 0 aliphatic rings. The van der Waals surface area contributed by atoms with E-state index in [2.05, 4.69) is 15.3 Å². The first-order valence-electron chi connectivity index (χ1n) is 5.32. The Labute approximate surface area is 98.7 Å². The Kier molecular flexibility index (Phi) is 3.09. The van der Waals surface area contributed by atoms with E-state index in [0.717, 1.165) is 11.3 Å². The summed E-state index contributed by atoms with van der Waals surface area (Å²) in [7, 11) is 0. The second-order valence-corrected chi connectivity index (χ2v) is 3.79. The Bertz CT molecular complexity index is 564. The zero-order valence-electron chi connectivity index (χ0n) is 9.47. The number of nitrogens with one attached hydrogen (secondary N) is 2. The van der Waals surface area contributed by atoms with Gasteiger partial charge in [-0.25, -0.2) is 4.98 Å². The number of H-pyrrole nitrogens is 1. The molecule has 0 saturated carbocycles. The number of benzene rings is 1. The van der Waals surface area contributed by atoms with Gasteiger partial charge in [-0.3, -0.25) is 4.79 Å². The van der Waals surface area contributed by atoms with E-state index in [1.54, 1.807) is 0 Å². The molecule has 1 unspecified atom stereocenters. The molecule has 0 fully saturated rings. The molecule has 0 aliphatic heterocycles. The standard InChI is InChI=1S/C12H14N4O/c1-8(9-4-2-3-5-10(9)13)16-11-6-12(17)15-7-14-11/h2-8H,13H2,1H3,(H2,14,15,16,17). The van der Waals surface area contributed by atoms with Crippen LogP contribution in [0.25, 0.3) is 0 Å². The van der Waals surface area contributed by atoms with Crippen molar-refractivity contribution in [1.82, 2.24) is 9.97 Å². The van der Waals surface area contributed by atoms with E-state index in [0.29, 0.717) is 5.82 Å². The van der Waals surface area contributed by atoms with Crippen LogP contribution < -0.4 is 16.6 Å². The summed E-state index contributed by atoms with van der Waals surface area (Å²) in [5, 5.41) is 3.13. The van der Waals surface area contributed by atoms with Crippen LogP contribution in [0.4, 0.5) is 11.5 Å². The Hall–Kier alpha value is -2.30. The molecular formula is C12H14N4O. The first kappa shape index (κ1) is 11.2. The molecule has 1 heterocycles. The summed E-state index contributed by atoms with van der Waals surface area (Å²) < 4.78 is 0. The van der Waals surface area contributed by atoms with Gasteiger partial charge in [-0.2, -0.15) is 0 Å². The van der Waals surface area contributed by atoms with Gasteiger partial charge in [0, 0.05) is 11.8 Å². The lowest BCUT2D eigenvalue weighted by Crippen LogP contribution is -2.13. The molecule has 1 aromatic carbocycles. The highest BCUT2D eigenvalue weighted by Crippen LogP contribution is 2.22. The Morgan fingerprint density at radius 1 is 1.41 bits per heavy atom. The van der Waals surface area contributed by atoms with E-state index >= 15 is 0 Å². The molecule has 0 bridgehead atoms. The van der Waals surface area contributed by atoms with Crippen LogP contribution in [0.5, 0.6) is 0 Å². The van der Waals surface area contributed by atoms with Crippen LogP contribution in [-0.4, -0.2) is 9.97 Å². The maximum absolute atomic E-state index is 11.1. The van der Waals surface area contributed by atoms with Crippen molar-refractivity contribution < 1.29 is 0 Å². The molecule has 0 amide bonds. The molecule has 0 saturated heterocycles. The average Bonchev–Trinajstić information content (AvgIpc) is 2.29. The van der Waals surface area contributed by atoms with E-state index in [9.17, 15) is 4.79 Å². The third-order valence-electron chi connectivity index (χ3n) is 2.51. The van der Waals surface area contributed by atoms with Gasteiger partial charge >= 0.3 is 0 Å². The van der Waals surface area contributed by atoms with Gasteiger partial charge in [0.2, 0.25) is 0 Å². The number of nitrogens with zero attached hydrogens (tertiary/aromatic N) is 1. The van der Waals surface area contributed by atoms with Crippen molar-refractivity contribution in [2.45, 2.75) is 13.0 Å². The van der Waals surface area contributed by atoms with Crippen LogP contribution in [0.3, 0.4) is 0 Å². The van der Waals surface area contributed by atoms with E-state index in [1.165, 1.54) is 12.4 Å². The monoisotopic (exact) mass is 230 g/mol. The number of nitrogens with two attached hydrogens (primary N) is 1. The van der Waals surface area contributed by atoms with Crippen LogP contribution in [0.1, 0.15) is 18.5 Å². The lowest BCUT2D eigenvalue weighted by molar-refractivity contribution is 0.873. The summed E-state index contributed by atoms with van der Waals surface area (Å²) in [5.41, 5.74) is 7.39. The van der Waals surface area contributed by atoms with Crippen molar-refractivity contribution >= 4 is 11.5 Å². The Balaban J connectivity index is 2.20. The molecule has 1 aromatic heterocycles. The Morgan fingerprint density at radius 2 is 2.18 bits per heavy atom. The van der Waals surface area contributed by atoms with E-state index in [-0.39, 0.29) is 11.6 Å². The van der Waals surface area contributed by atoms with Gasteiger partial charge in [0.25, 0.3) is 5.56 Å². The number of aromatic amines is 1. The minimum absolute atomic E-state index is 0.00880. The van der Waals surface area contributed by atoms with Crippen molar-refractivity contribution in [2.75, 3.05) is 11.1 Å². The van der Waals surface area contributed by atoms with Gasteiger partial charge in [0.05, 0.1) is 12.4 Å². The topological polar surface area (TPSA) is 83.8 Å². The number of rotatable bonds is 3. The molecule has 5 nitrogen and oxygen atoms in total. The summed E-state index contributed by atoms with van der Waals surface area (Å²) in [4.78, 5) is 17.6. The summed E-state index contributed by atoms with van der Waals surface area (Å²) in [6, 6.07) is 9.01. The quantitative estimate of drug-likeness (QED) is 0.698. The summed E-state index contributed by atoms with van der Waals surface area (Å²) in [5.74, 6) is 0.532. The summed E-state index contributed by atoms with van der Waals surface area (Å²) in [6.45, 7) is 1.97. The highest BCUT2D eigenvalue weighted by Gasteiger charge is 2.08. The number of aromatic nitrogens is 2. The summed E-state index contributed by atoms with van der Waals surface area (Å²) >= 11 is 0. The minimum Gasteiger partial charge on any atom is -0.398 e. The molecule has 0 aliphatic carbocycles. The lowest BCUT2D eigenvalue weighted by atomic mass is 10.1. The maximum atomic E-state index is 11.1. The van der Waals surface area contributed by atoms with Gasteiger partial charge in [-0.1, -0.05) is 18.2 Å². The highest BCUT2D eigenvalue weighted by atomic mass is 16.1. The van der Waals surface area contributed by atoms with E-state index < -0.39 is 0 Å². The fourth-order valence-electron chi connectivity index (χ4n) is 1.65. The van der Waals surface area contributed by atoms with Crippen molar-refractivity contribution in [3.05, 3.63) is 52.6 Å². The SMILES string of the molecule is CC(Nc1cc(=O)[nH]cn1)c1ccccc1N. The fraction of sp³-hybridized carbons (Fsp3) is 0.167. The zero-order valence-corrected chi connectivity index (χ0v) is 9.47. The Morgan fingerprint density at radius 3 is 2.88 bits per heavy atom. The fourth-order valence-corrected chi connectivity index (χ4v) is 1.65. The molecule has 17 heavy (non-hydrogen) atoms.